The minimum absolute atomic E-state index is 0.240. The Morgan fingerprint density at radius 3 is 1.75 bits per heavy atom. The summed E-state index contributed by atoms with van der Waals surface area (Å²) in [5, 5.41) is 9.75. The minimum atomic E-state index is 0.240. The van der Waals surface area contributed by atoms with E-state index in [1.54, 1.807) is 0 Å². The first kappa shape index (κ1) is 20.6. The molecule has 0 fully saturated rings. The van der Waals surface area contributed by atoms with E-state index in [1.807, 2.05) is 18.2 Å². The van der Waals surface area contributed by atoms with Crippen molar-refractivity contribution in [3.63, 3.8) is 0 Å². The molecule has 0 amide bonds. The SMILES string of the molecule is C#Cc1ccc(CCCCCCCCCCCCCCC)cc1O. The van der Waals surface area contributed by atoms with Gasteiger partial charge < -0.3 is 5.11 Å². The smallest absolute Gasteiger partial charge is 0.131 e. The first-order chi connectivity index (χ1) is 11.8. The van der Waals surface area contributed by atoms with Gasteiger partial charge in [-0.2, -0.15) is 0 Å². The lowest BCUT2D eigenvalue weighted by atomic mass is 10.0. The maximum absolute atomic E-state index is 9.75. The summed E-state index contributed by atoms with van der Waals surface area (Å²) in [5.41, 5.74) is 1.78. The van der Waals surface area contributed by atoms with Gasteiger partial charge in [-0.1, -0.05) is 96.0 Å². The highest BCUT2D eigenvalue weighted by atomic mass is 16.3. The monoisotopic (exact) mass is 328 g/mol. The maximum atomic E-state index is 9.75. The Balaban J connectivity index is 1.90. The molecule has 24 heavy (non-hydrogen) atoms. The fraction of sp³-hybridized carbons (Fsp3) is 0.652. The highest BCUT2D eigenvalue weighted by Gasteiger charge is 2.00. The van der Waals surface area contributed by atoms with Crippen LogP contribution < -0.4 is 0 Å². The summed E-state index contributed by atoms with van der Waals surface area (Å²) in [6, 6.07) is 5.69. The molecular weight excluding hydrogens is 292 g/mol. The van der Waals surface area contributed by atoms with Crippen LogP contribution >= 0.6 is 0 Å². The van der Waals surface area contributed by atoms with E-state index in [4.69, 9.17) is 6.42 Å². The third-order valence-corrected chi connectivity index (χ3v) is 4.79. The van der Waals surface area contributed by atoms with Crippen molar-refractivity contribution in [3.8, 4) is 18.1 Å². The number of phenols is 1. The van der Waals surface area contributed by atoms with Crippen LogP contribution in [0.3, 0.4) is 0 Å². The number of terminal acetylenes is 1. The van der Waals surface area contributed by atoms with Crippen LogP contribution in [0.4, 0.5) is 0 Å². The molecule has 0 aliphatic carbocycles. The molecule has 1 rings (SSSR count). The van der Waals surface area contributed by atoms with Crippen molar-refractivity contribution in [1.29, 1.82) is 0 Å². The number of rotatable bonds is 14. The van der Waals surface area contributed by atoms with Crippen molar-refractivity contribution in [1.82, 2.24) is 0 Å². The number of unbranched alkanes of at least 4 members (excludes halogenated alkanes) is 12. The Morgan fingerprint density at radius 2 is 1.29 bits per heavy atom. The molecule has 0 aliphatic heterocycles. The first-order valence-corrected chi connectivity index (χ1v) is 10.1. The third-order valence-electron chi connectivity index (χ3n) is 4.79. The van der Waals surface area contributed by atoms with Gasteiger partial charge in [-0.25, -0.2) is 0 Å². The summed E-state index contributed by atoms with van der Waals surface area (Å²) in [6.45, 7) is 2.28. The van der Waals surface area contributed by atoms with E-state index in [9.17, 15) is 5.11 Å². The van der Waals surface area contributed by atoms with Gasteiger partial charge in [0.1, 0.15) is 5.75 Å². The number of hydrogen-bond acceptors (Lipinski definition) is 1. The molecule has 0 heterocycles. The molecule has 0 radical (unpaired) electrons. The number of phenolic OH excluding ortho intramolecular Hbond substituents is 1. The topological polar surface area (TPSA) is 20.2 Å². The zero-order chi connectivity index (χ0) is 17.5. The van der Waals surface area contributed by atoms with Crippen molar-refractivity contribution in [2.45, 2.75) is 96.8 Å². The van der Waals surface area contributed by atoms with Crippen LogP contribution in [-0.2, 0) is 6.42 Å². The normalized spacial score (nSPS) is 10.7. The second-order valence-corrected chi connectivity index (χ2v) is 6.99. The molecule has 0 atom stereocenters. The molecule has 0 saturated carbocycles. The fourth-order valence-corrected chi connectivity index (χ4v) is 3.20. The highest BCUT2D eigenvalue weighted by molar-refractivity contribution is 5.46. The van der Waals surface area contributed by atoms with Crippen molar-refractivity contribution in [3.05, 3.63) is 29.3 Å². The first-order valence-electron chi connectivity index (χ1n) is 10.1. The average molecular weight is 329 g/mol. The molecule has 0 unspecified atom stereocenters. The van der Waals surface area contributed by atoms with Crippen LogP contribution in [0.25, 0.3) is 0 Å². The summed E-state index contributed by atoms with van der Waals surface area (Å²) in [4.78, 5) is 0. The zero-order valence-corrected chi connectivity index (χ0v) is 15.7. The zero-order valence-electron chi connectivity index (χ0n) is 15.7. The summed E-state index contributed by atoms with van der Waals surface area (Å²) >= 11 is 0. The number of benzene rings is 1. The quantitative estimate of drug-likeness (QED) is 0.288. The van der Waals surface area contributed by atoms with Crippen LogP contribution in [0.15, 0.2) is 18.2 Å². The van der Waals surface area contributed by atoms with Gasteiger partial charge in [0.25, 0.3) is 0 Å². The molecule has 1 nitrogen and oxygen atoms in total. The van der Waals surface area contributed by atoms with Crippen LogP contribution in [-0.4, -0.2) is 5.11 Å². The molecule has 0 aliphatic rings. The van der Waals surface area contributed by atoms with Gasteiger partial charge in [-0.15, -0.1) is 6.42 Å². The second-order valence-electron chi connectivity index (χ2n) is 6.99. The number of aryl methyl sites for hydroxylation is 1. The maximum Gasteiger partial charge on any atom is 0.131 e. The Hall–Kier alpha value is -1.42. The molecule has 0 spiro atoms. The van der Waals surface area contributed by atoms with E-state index >= 15 is 0 Å². The van der Waals surface area contributed by atoms with Crippen molar-refractivity contribution in [2.75, 3.05) is 0 Å². The van der Waals surface area contributed by atoms with Crippen molar-refractivity contribution < 1.29 is 5.11 Å². The standard InChI is InChI=1S/C23H36O/c1-3-5-6-7-8-9-10-11-12-13-14-15-16-17-21-18-19-22(4-2)23(24)20-21/h2,18-20,24H,3,5-17H2,1H3. The van der Waals surface area contributed by atoms with E-state index in [0.717, 1.165) is 6.42 Å². The van der Waals surface area contributed by atoms with Crippen LogP contribution in [0, 0.1) is 12.3 Å². The molecule has 1 N–H and O–H groups in total. The molecule has 0 saturated heterocycles. The van der Waals surface area contributed by atoms with Gasteiger partial charge in [-0.05, 0) is 30.5 Å². The van der Waals surface area contributed by atoms with Gasteiger partial charge in [0.15, 0.2) is 0 Å². The molecule has 1 aromatic rings. The average Bonchev–Trinajstić information content (AvgIpc) is 2.59. The Bertz CT molecular complexity index is 469. The summed E-state index contributed by atoms with van der Waals surface area (Å²) in [6.07, 6.45) is 24.3. The van der Waals surface area contributed by atoms with Gasteiger partial charge in [0, 0.05) is 0 Å². The lowest BCUT2D eigenvalue weighted by molar-refractivity contribution is 0.472. The third kappa shape index (κ3) is 9.66. The van der Waals surface area contributed by atoms with Crippen LogP contribution in [0.1, 0.15) is 102 Å². The molecule has 134 valence electrons. The van der Waals surface area contributed by atoms with E-state index in [0.29, 0.717) is 5.56 Å². The van der Waals surface area contributed by atoms with Crippen LogP contribution in [0.2, 0.25) is 0 Å². The van der Waals surface area contributed by atoms with Crippen LogP contribution in [0.5, 0.6) is 5.75 Å². The molecule has 0 bridgehead atoms. The molecule has 1 aromatic carbocycles. The lowest BCUT2D eigenvalue weighted by Gasteiger charge is -2.05. The predicted octanol–water partition coefficient (Wildman–Crippen LogP) is 7.01. The Morgan fingerprint density at radius 1 is 0.792 bits per heavy atom. The number of hydrogen-bond donors (Lipinski definition) is 1. The molecular formula is C23H36O. The Kier molecular flexibility index (Phi) is 12.0. The summed E-state index contributed by atoms with van der Waals surface area (Å²) < 4.78 is 0. The molecule has 0 aromatic heterocycles. The van der Waals surface area contributed by atoms with Gasteiger partial charge in [-0.3, -0.25) is 0 Å². The predicted molar refractivity (Wildman–Crippen MR) is 105 cm³/mol. The fourth-order valence-electron chi connectivity index (χ4n) is 3.20. The lowest BCUT2D eigenvalue weighted by Crippen LogP contribution is -1.88. The van der Waals surface area contributed by atoms with E-state index in [-0.39, 0.29) is 5.75 Å². The van der Waals surface area contributed by atoms with Gasteiger partial charge in [0.2, 0.25) is 0 Å². The van der Waals surface area contributed by atoms with E-state index in [2.05, 4.69) is 12.8 Å². The largest absolute Gasteiger partial charge is 0.507 e. The number of aromatic hydroxyl groups is 1. The van der Waals surface area contributed by atoms with Crippen molar-refractivity contribution >= 4 is 0 Å². The Labute approximate surface area is 149 Å². The van der Waals surface area contributed by atoms with Gasteiger partial charge in [0.05, 0.1) is 5.56 Å². The van der Waals surface area contributed by atoms with Crippen molar-refractivity contribution in [2.24, 2.45) is 0 Å². The van der Waals surface area contributed by atoms with E-state index in [1.165, 1.54) is 89.0 Å². The molecule has 1 heteroatoms. The summed E-state index contributed by atoms with van der Waals surface area (Å²) in [5.74, 6) is 2.73. The van der Waals surface area contributed by atoms with Gasteiger partial charge >= 0.3 is 0 Å². The second kappa shape index (κ2) is 14.0. The minimum Gasteiger partial charge on any atom is -0.507 e. The van der Waals surface area contributed by atoms with E-state index < -0.39 is 0 Å². The highest BCUT2D eigenvalue weighted by Crippen LogP contribution is 2.19. The summed E-state index contributed by atoms with van der Waals surface area (Å²) in [7, 11) is 0.